The second-order valence-electron chi connectivity index (χ2n) is 4.16. The third-order valence-corrected chi connectivity index (χ3v) is 3.18. The molecule has 0 saturated carbocycles. The van der Waals surface area contributed by atoms with E-state index in [4.69, 9.17) is 19.9 Å². The molecule has 1 heterocycles. The first-order valence-corrected chi connectivity index (χ1v) is 5.85. The van der Waals surface area contributed by atoms with Gasteiger partial charge in [-0.3, -0.25) is 0 Å². The lowest BCUT2D eigenvalue weighted by atomic mass is 9.98. The molecule has 1 aliphatic rings. The van der Waals surface area contributed by atoms with E-state index in [-0.39, 0.29) is 6.04 Å². The number of nitrogens with two attached hydrogens (primary N) is 1. The number of esters is 1. The van der Waals surface area contributed by atoms with Crippen molar-refractivity contribution in [1.29, 1.82) is 0 Å². The molecule has 98 valence electrons. The van der Waals surface area contributed by atoms with Crippen LogP contribution in [0.5, 0.6) is 11.5 Å². The molecule has 0 amide bonds. The predicted molar refractivity (Wildman–Crippen MR) is 66.0 cm³/mol. The highest BCUT2D eigenvalue weighted by atomic mass is 16.6. The Hall–Kier alpha value is -1.75. The minimum Gasteiger partial charge on any atom is -0.493 e. The number of carbonyl (C=O) groups excluding carboxylic acids is 1. The third-order valence-electron chi connectivity index (χ3n) is 3.18. The topological polar surface area (TPSA) is 70.8 Å². The van der Waals surface area contributed by atoms with Gasteiger partial charge in [0.2, 0.25) is 0 Å². The van der Waals surface area contributed by atoms with Gasteiger partial charge in [-0.05, 0) is 12.5 Å². The molecule has 0 fully saturated rings. The fourth-order valence-corrected chi connectivity index (χ4v) is 2.16. The van der Waals surface area contributed by atoms with Crippen LogP contribution < -0.4 is 15.2 Å². The van der Waals surface area contributed by atoms with Gasteiger partial charge in [-0.1, -0.05) is 13.0 Å². The zero-order chi connectivity index (χ0) is 13.3. The molecule has 1 aliphatic heterocycles. The average Bonchev–Trinajstić information content (AvgIpc) is 2.74. The predicted octanol–water partition coefficient (Wildman–Crippen LogP) is 1.65. The summed E-state index contributed by atoms with van der Waals surface area (Å²) in [7, 11) is 3.03. The molecule has 1 aromatic rings. The fraction of sp³-hybridized carbons (Fsp3) is 0.462. The van der Waals surface area contributed by atoms with Crippen LogP contribution in [0.15, 0.2) is 12.1 Å². The summed E-state index contributed by atoms with van der Waals surface area (Å²) in [6.07, 6.45) is 0.323. The van der Waals surface area contributed by atoms with Crippen LogP contribution in [0.4, 0.5) is 0 Å². The van der Waals surface area contributed by atoms with E-state index in [1.54, 1.807) is 6.07 Å². The first kappa shape index (κ1) is 12.7. The Morgan fingerprint density at radius 2 is 2.11 bits per heavy atom. The van der Waals surface area contributed by atoms with Crippen molar-refractivity contribution < 1.29 is 19.0 Å². The summed E-state index contributed by atoms with van der Waals surface area (Å²) in [5, 5.41) is 0. The quantitative estimate of drug-likeness (QED) is 0.824. The molecule has 18 heavy (non-hydrogen) atoms. The molecule has 0 aromatic heterocycles. The maximum absolute atomic E-state index is 11.9. The fourth-order valence-electron chi connectivity index (χ4n) is 2.16. The van der Waals surface area contributed by atoms with Gasteiger partial charge in [-0.2, -0.15) is 0 Å². The Kier molecular flexibility index (Phi) is 3.43. The van der Waals surface area contributed by atoms with Crippen molar-refractivity contribution in [3.63, 3.8) is 0 Å². The van der Waals surface area contributed by atoms with E-state index in [1.807, 2.05) is 13.0 Å². The summed E-state index contributed by atoms with van der Waals surface area (Å²) < 4.78 is 15.7. The molecule has 0 aliphatic carbocycles. The highest BCUT2D eigenvalue weighted by Crippen LogP contribution is 2.42. The molecular weight excluding hydrogens is 234 g/mol. The number of cyclic esters (lactones) is 1. The maximum Gasteiger partial charge on any atom is 0.343 e. The monoisotopic (exact) mass is 251 g/mol. The molecule has 5 nitrogen and oxygen atoms in total. The summed E-state index contributed by atoms with van der Waals surface area (Å²) in [4.78, 5) is 11.9. The first-order valence-electron chi connectivity index (χ1n) is 5.85. The van der Waals surface area contributed by atoms with Gasteiger partial charge in [-0.15, -0.1) is 0 Å². The lowest BCUT2D eigenvalue weighted by molar-refractivity contribution is 0.0324. The molecular formula is C13H17NO4. The second-order valence-corrected chi connectivity index (χ2v) is 4.16. The highest BCUT2D eigenvalue weighted by molar-refractivity contribution is 5.98. The van der Waals surface area contributed by atoms with E-state index < -0.39 is 12.1 Å². The highest BCUT2D eigenvalue weighted by Gasteiger charge is 2.38. The molecule has 0 spiro atoms. The first-order chi connectivity index (χ1) is 8.63. The lowest BCUT2D eigenvalue weighted by Crippen LogP contribution is -2.27. The van der Waals surface area contributed by atoms with E-state index in [9.17, 15) is 4.79 Å². The normalized spacial score (nSPS) is 19.1. The molecule has 0 radical (unpaired) electrons. The van der Waals surface area contributed by atoms with Crippen molar-refractivity contribution in [1.82, 2.24) is 0 Å². The van der Waals surface area contributed by atoms with Crippen LogP contribution in [0.1, 0.15) is 35.4 Å². The van der Waals surface area contributed by atoms with Crippen LogP contribution in [0.2, 0.25) is 0 Å². The number of benzene rings is 1. The zero-order valence-electron chi connectivity index (χ0n) is 10.7. The average molecular weight is 251 g/mol. The molecule has 1 aromatic carbocycles. The number of hydrogen-bond acceptors (Lipinski definition) is 5. The Balaban J connectivity index is 2.54. The van der Waals surface area contributed by atoms with Gasteiger partial charge in [0.25, 0.3) is 0 Å². The van der Waals surface area contributed by atoms with Gasteiger partial charge in [0, 0.05) is 11.6 Å². The summed E-state index contributed by atoms with van der Waals surface area (Å²) in [6, 6.07) is 3.35. The summed E-state index contributed by atoms with van der Waals surface area (Å²) in [5.74, 6) is 0.513. The van der Waals surface area contributed by atoms with Crippen LogP contribution in [-0.4, -0.2) is 26.2 Å². The van der Waals surface area contributed by atoms with E-state index in [2.05, 4.69) is 0 Å². The van der Waals surface area contributed by atoms with E-state index in [0.717, 1.165) is 12.0 Å². The Morgan fingerprint density at radius 1 is 1.39 bits per heavy atom. The van der Waals surface area contributed by atoms with Crippen molar-refractivity contribution in [2.24, 2.45) is 5.73 Å². The number of fused-ring (bicyclic) bond motifs is 1. The second kappa shape index (κ2) is 4.86. The summed E-state index contributed by atoms with van der Waals surface area (Å²) in [5.41, 5.74) is 7.16. The minimum atomic E-state index is -0.408. The lowest BCUT2D eigenvalue weighted by Gasteiger charge is -2.17. The third kappa shape index (κ3) is 1.80. The molecule has 2 atom stereocenters. The number of ether oxygens (including phenoxy) is 3. The molecule has 2 rings (SSSR count). The molecule has 2 unspecified atom stereocenters. The van der Waals surface area contributed by atoms with Crippen LogP contribution in [0, 0.1) is 0 Å². The summed E-state index contributed by atoms with van der Waals surface area (Å²) >= 11 is 0. The van der Waals surface area contributed by atoms with Crippen LogP contribution >= 0.6 is 0 Å². The standard InChI is InChI=1S/C13H17NO4/c1-4-8(14)11-7-5-6-9(16-2)12(17-3)10(7)13(15)18-11/h5-6,8,11H,4,14H2,1-3H3. The Labute approximate surface area is 106 Å². The van der Waals surface area contributed by atoms with Crippen molar-refractivity contribution in [3.05, 3.63) is 23.3 Å². The zero-order valence-corrected chi connectivity index (χ0v) is 10.7. The van der Waals surface area contributed by atoms with Gasteiger partial charge >= 0.3 is 5.97 Å². The molecule has 5 heteroatoms. The van der Waals surface area contributed by atoms with E-state index in [1.165, 1.54) is 14.2 Å². The number of methoxy groups -OCH3 is 2. The van der Waals surface area contributed by atoms with Gasteiger partial charge in [0.15, 0.2) is 11.5 Å². The van der Waals surface area contributed by atoms with Gasteiger partial charge in [0.1, 0.15) is 11.7 Å². The number of hydrogen-bond donors (Lipinski definition) is 1. The Bertz CT molecular complexity index is 472. The number of rotatable bonds is 4. The van der Waals surface area contributed by atoms with Crippen LogP contribution in [0.25, 0.3) is 0 Å². The van der Waals surface area contributed by atoms with Crippen molar-refractivity contribution in [3.8, 4) is 11.5 Å². The van der Waals surface area contributed by atoms with Gasteiger partial charge in [0.05, 0.1) is 14.2 Å². The van der Waals surface area contributed by atoms with E-state index >= 15 is 0 Å². The van der Waals surface area contributed by atoms with Crippen molar-refractivity contribution >= 4 is 5.97 Å². The minimum absolute atomic E-state index is 0.215. The molecule has 2 N–H and O–H groups in total. The number of carbonyl (C=O) groups is 1. The van der Waals surface area contributed by atoms with E-state index in [0.29, 0.717) is 17.1 Å². The summed E-state index contributed by atoms with van der Waals surface area (Å²) in [6.45, 7) is 1.96. The maximum atomic E-state index is 11.9. The Morgan fingerprint density at radius 3 is 2.67 bits per heavy atom. The largest absolute Gasteiger partial charge is 0.493 e. The van der Waals surface area contributed by atoms with Gasteiger partial charge < -0.3 is 19.9 Å². The SMILES string of the molecule is CCC(N)C1OC(=O)c2c1ccc(OC)c2OC. The smallest absolute Gasteiger partial charge is 0.343 e. The molecule has 0 saturated heterocycles. The van der Waals surface area contributed by atoms with Crippen molar-refractivity contribution in [2.75, 3.05) is 14.2 Å². The molecule has 0 bridgehead atoms. The van der Waals surface area contributed by atoms with Crippen LogP contribution in [-0.2, 0) is 4.74 Å². The van der Waals surface area contributed by atoms with Crippen molar-refractivity contribution in [2.45, 2.75) is 25.5 Å². The van der Waals surface area contributed by atoms with Crippen LogP contribution in [0.3, 0.4) is 0 Å². The van der Waals surface area contributed by atoms with Gasteiger partial charge in [-0.25, -0.2) is 4.79 Å².